The summed E-state index contributed by atoms with van der Waals surface area (Å²) < 4.78 is 40.7. The van der Waals surface area contributed by atoms with Gasteiger partial charge in [0.1, 0.15) is 10.7 Å². The highest BCUT2D eigenvalue weighted by Crippen LogP contribution is 2.22. The standard InChI is InChI=1S/C15H10FN5O2S/c16-12-6-10(8-17)2-3-13(12)21-24(22,23)11-7-14(20-9-11)15-18-4-1-5-19-15/h1-7,9,20-21H. The first-order valence-electron chi connectivity index (χ1n) is 6.68. The van der Waals surface area contributed by atoms with E-state index in [2.05, 4.69) is 19.7 Å². The summed E-state index contributed by atoms with van der Waals surface area (Å²) in [6, 6.07) is 8.23. The molecule has 0 aliphatic carbocycles. The quantitative estimate of drug-likeness (QED) is 0.755. The van der Waals surface area contributed by atoms with Gasteiger partial charge in [0.05, 0.1) is 23.0 Å². The fraction of sp³-hybridized carbons (Fsp3) is 0. The first-order valence-corrected chi connectivity index (χ1v) is 8.16. The Hall–Kier alpha value is -3.25. The van der Waals surface area contributed by atoms with Gasteiger partial charge in [-0.1, -0.05) is 0 Å². The third kappa shape index (κ3) is 3.09. The van der Waals surface area contributed by atoms with Crippen LogP contribution in [-0.2, 0) is 10.0 Å². The number of sulfonamides is 1. The molecular weight excluding hydrogens is 333 g/mol. The Bertz CT molecular complexity index is 1030. The van der Waals surface area contributed by atoms with Crippen LogP contribution in [0.1, 0.15) is 5.56 Å². The highest BCUT2D eigenvalue weighted by Gasteiger charge is 2.19. The van der Waals surface area contributed by atoms with E-state index in [4.69, 9.17) is 5.26 Å². The third-order valence-corrected chi connectivity index (χ3v) is 4.46. The summed E-state index contributed by atoms with van der Waals surface area (Å²) in [4.78, 5) is 10.7. The van der Waals surface area contributed by atoms with Gasteiger partial charge in [-0.15, -0.1) is 0 Å². The predicted octanol–water partition coefficient (Wildman–Crippen LogP) is 2.28. The van der Waals surface area contributed by atoms with Gasteiger partial charge < -0.3 is 4.98 Å². The molecule has 0 fully saturated rings. The molecule has 0 amide bonds. The number of anilines is 1. The maximum absolute atomic E-state index is 13.8. The van der Waals surface area contributed by atoms with E-state index in [1.807, 2.05) is 0 Å². The van der Waals surface area contributed by atoms with Crippen molar-refractivity contribution >= 4 is 15.7 Å². The minimum atomic E-state index is -4.00. The Labute approximate surface area is 136 Å². The van der Waals surface area contributed by atoms with Crippen LogP contribution in [-0.4, -0.2) is 23.4 Å². The lowest BCUT2D eigenvalue weighted by molar-refractivity contribution is 0.598. The van der Waals surface area contributed by atoms with Crippen LogP contribution in [0.2, 0.25) is 0 Å². The molecule has 0 aliphatic rings. The number of hydrogen-bond acceptors (Lipinski definition) is 5. The SMILES string of the molecule is N#Cc1ccc(NS(=O)(=O)c2c[nH]c(-c3ncccn3)c2)c(F)c1. The summed E-state index contributed by atoms with van der Waals surface area (Å²) in [5.41, 5.74) is 0.268. The van der Waals surface area contributed by atoms with Crippen LogP contribution < -0.4 is 4.72 Å². The van der Waals surface area contributed by atoms with Crippen LogP contribution in [0.3, 0.4) is 0 Å². The van der Waals surface area contributed by atoms with Crippen LogP contribution >= 0.6 is 0 Å². The molecule has 0 saturated heterocycles. The zero-order valence-electron chi connectivity index (χ0n) is 12.1. The molecule has 0 radical (unpaired) electrons. The second-order valence-corrected chi connectivity index (χ2v) is 6.42. The van der Waals surface area contributed by atoms with E-state index in [1.165, 1.54) is 36.8 Å². The van der Waals surface area contributed by atoms with Crippen LogP contribution in [0, 0.1) is 17.1 Å². The molecule has 7 nitrogen and oxygen atoms in total. The summed E-state index contributed by atoms with van der Waals surface area (Å²) >= 11 is 0. The molecule has 2 N–H and O–H groups in total. The lowest BCUT2D eigenvalue weighted by Gasteiger charge is -2.07. The Morgan fingerprint density at radius 3 is 2.62 bits per heavy atom. The molecule has 120 valence electrons. The second kappa shape index (κ2) is 6.10. The molecule has 0 aliphatic heterocycles. The molecule has 24 heavy (non-hydrogen) atoms. The van der Waals surface area contributed by atoms with Gasteiger partial charge in [-0.3, -0.25) is 4.72 Å². The average Bonchev–Trinajstić information content (AvgIpc) is 3.08. The number of H-pyrrole nitrogens is 1. The summed E-state index contributed by atoms with van der Waals surface area (Å²) in [6.07, 6.45) is 4.32. The van der Waals surface area contributed by atoms with Gasteiger partial charge >= 0.3 is 0 Å². The highest BCUT2D eigenvalue weighted by atomic mass is 32.2. The van der Waals surface area contributed by atoms with Gasteiger partial charge in [-0.25, -0.2) is 22.8 Å². The first-order chi connectivity index (χ1) is 11.5. The van der Waals surface area contributed by atoms with Crippen molar-refractivity contribution in [2.45, 2.75) is 4.90 Å². The number of benzene rings is 1. The molecule has 9 heteroatoms. The van der Waals surface area contributed by atoms with Gasteiger partial charge in [0.2, 0.25) is 0 Å². The molecule has 0 atom stereocenters. The van der Waals surface area contributed by atoms with Crippen molar-refractivity contribution in [3.8, 4) is 17.6 Å². The minimum absolute atomic E-state index is 0.0892. The monoisotopic (exact) mass is 343 g/mol. The Kier molecular flexibility index (Phi) is 3.97. The Morgan fingerprint density at radius 1 is 1.21 bits per heavy atom. The van der Waals surface area contributed by atoms with Crippen molar-refractivity contribution in [2.24, 2.45) is 0 Å². The summed E-state index contributed by atoms with van der Waals surface area (Å²) in [7, 11) is -4.00. The zero-order chi connectivity index (χ0) is 17.2. The number of rotatable bonds is 4. The largest absolute Gasteiger partial charge is 0.357 e. The van der Waals surface area contributed by atoms with Gasteiger partial charge in [0.25, 0.3) is 10.0 Å². The molecule has 0 saturated carbocycles. The normalized spacial score (nSPS) is 11.0. The summed E-state index contributed by atoms with van der Waals surface area (Å²) in [6.45, 7) is 0. The maximum atomic E-state index is 13.8. The van der Waals surface area contributed by atoms with Crippen molar-refractivity contribution in [1.82, 2.24) is 15.0 Å². The lowest BCUT2D eigenvalue weighted by atomic mass is 10.2. The average molecular weight is 343 g/mol. The van der Waals surface area contributed by atoms with E-state index in [1.54, 1.807) is 12.1 Å². The number of halogens is 1. The number of nitrogens with zero attached hydrogens (tertiary/aromatic N) is 3. The van der Waals surface area contributed by atoms with Crippen molar-refractivity contribution < 1.29 is 12.8 Å². The van der Waals surface area contributed by atoms with Gasteiger partial charge in [-0.2, -0.15) is 5.26 Å². The molecule has 3 aromatic rings. The number of nitrogens with one attached hydrogen (secondary N) is 2. The highest BCUT2D eigenvalue weighted by molar-refractivity contribution is 7.92. The van der Waals surface area contributed by atoms with Gasteiger partial charge in [0.15, 0.2) is 5.82 Å². The van der Waals surface area contributed by atoms with Crippen molar-refractivity contribution in [1.29, 1.82) is 5.26 Å². The predicted molar refractivity (Wildman–Crippen MR) is 83.7 cm³/mol. The summed E-state index contributed by atoms with van der Waals surface area (Å²) in [5.74, 6) is -0.497. The molecule has 0 unspecified atom stereocenters. The topological polar surface area (TPSA) is 112 Å². The fourth-order valence-electron chi connectivity index (χ4n) is 1.97. The van der Waals surface area contributed by atoms with Crippen LogP contribution in [0.25, 0.3) is 11.5 Å². The Morgan fingerprint density at radius 2 is 1.96 bits per heavy atom. The molecule has 3 rings (SSSR count). The smallest absolute Gasteiger partial charge is 0.263 e. The molecular formula is C15H10FN5O2S. The zero-order valence-corrected chi connectivity index (χ0v) is 12.9. The third-order valence-electron chi connectivity index (χ3n) is 3.12. The van der Waals surface area contributed by atoms with Crippen molar-refractivity contribution in [3.63, 3.8) is 0 Å². The van der Waals surface area contributed by atoms with Crippen molar-refractivity contribution in [2.75, 3.05) is 4.72 Å². The summed E-state index contributed by atoms with van der Waals surface area (Å²) in [5, 5.41) is 8.70. The van der Waals surface area contributed by atoms with Crippen LogP contribution in [0.4, 0.5) is 10.1 Å². The van der Waals surface area contributed by atoms with Gasteiger partial charge in [0, 0.05) is 18.6 Å². The number of hydrogen-bond donors (Lipinski definition) is 2. The molecule has 2 heterocycles. The number of nitriles is 1. The maximum Gasteiger partial charge on any atom is 0.263 e. The van der Waals surface area contributed by atoms with Crippen molar-refractivity contribution in [3.05, 3.63) is 60.3 Å². The number of aromatic nitrogens is 3. The Balaban J connectivity index is 1.89. The van der Waals surface area contributed by atoms with E-state index < -0.39 is 15.8 Å². The molecule has 1 aromatic carbocycles. The van der Waals surface area contributed by atoms with Crippen LogP contribution in [0.5, 0.6) is 0 Å². The first kappa shape index (κ1) is 15.6. The fourth-order valence-corrected chi connectivity index (χ4v) is 3.03. The van der Waals surface area contributed by atoms with E-state index in [0.717, 1.165) is 6.07 Å². The van der Waals surface area contributed by atoms with E-state index in [0.29, 0.717) is 11.5 Å². The van der Waals surface area contributed by atoms with Crippen LogP contribution in [0.15, 0.2) is 53.8 Å². The number of aromatic amines is 1. The van der Waals surface area contributed by atoms with E-state index in [9.17, 15) is 12.8 Å². The molecule has 0 spiro atoms. The molecule has 2 aromatic heterocycles. The minimum Gasteiger partial charge on any atom is -0.357 e. The van der Waals surface area contributed by atoms with E-state index >= 15 is 0 Å². The lowest BCUT2D eigenvalue weighted by Crippen LogP contribution is -2.13. The molecule has 0 bridgehead atoms. The second-order valence-electron chi connectivity index (χ2n) is 4.73. The van der Waals surface area contributed by atoms with E-state index in [-0.39, 0.29) is 16.1 Å². The van der Waals surface area contributed by atoms with Gasteiger partial charge in [-0.05, 0) is 30.3 Å².